The Morgan fingerprint density at radius 2 is 2.08 bits per heavy atom. The van der Waals surface area contributed by atoms with Crippen LogP contribution >= 0.6 is 58.5 Å². The first-order valence-corrected chi connectivity index (χ1v) is 9.39. The Hall–Kier alpha value is -1.38. The van der Waals surface area contributed by atoms with Gasteiger partial charge in [-0.05, 0) is 47.9 Å². The first-order valence-electron chi connectivity index (χ1n) is 6.53. The number of thiophene rings is 1. The third-order valence-corrected chi connectivity index (χ3v) is 5.67. The molecular weight excluding hydrogens is 407 g/mol. The first kappa shape index (κ1) is 17.4. The monoisotopic (exact) mass is 414 g/mol. The highest BCUT2D eigenvalue weighted by molar-refractivity contribution is 8.26. The van der Waals surface area contributed by atoms with Crippen molar-refractivity contribution < 1.29 is 9.59 Å². The Bertz CT molecular complexity index is 866. The van der Waals surface area contributed by atoms with Crippen LogP contribution in [0.3, 0.4) is 0 Å². The number of thioether (sulfide) groups is 1. The molecule has 1 aromatic carbocycles. The number of carbonyl (C=O) groups excluding carboxylic acids is 2. The highest BCUT2D eigenvalue weighted by Crippen LogP contribution is 2.32. The topological polar surface area (TPSA) is 49.4 Å². The summed E-state index contributed by atoms with van der Waals surface area (Å²) in [5, 5.41) is 3.57. The molecule has 122 valence electrons. The normalized spacial score (nSPS) is 16.1. The molecule has 0 radical (unpaired) electrons. The Labute approximate surface area is 161 Å². The van der Waals surface area contributed by atoms with Gasteiger partial charge in [0.05, 0.1) is 15.5 Å². The lowest BCUT2D eigenvalue weighted by Crippen LogP contribution is -2.44. The van der Waals surface area contributed by atoms with Crippen molar-refractivity contribution in [3.8, 4) is 0 Å². The number of nitrogens with zero attached hydrogens (tertiary/aromatic N) is 1. The van der Waals surface area contributed by atoms with Crippen molar-refractivity contribution in [1.82, 2.24) is 10.4 Å². The Kier molecular flexibility index (Phi) is 5.27. The predicted molar refractivity (Wildman–Crippen MR) is 103 cm³/mol. The highest BCUT2D eigenvalue weighted by Gasteiger charge is 2.34. The number of amides is 2. The van der Waals surface area contributed by atoms with E-state index in [4.69, 9.17) is 35.4 Å². The number of nitrogens with one attached hydrogen (secondary N) is 1. The molecule has 9 heteroatoms. The number of hydrogen-bond acceptors (Lipinski definition) is 5. The van der Waals surface area contributed by atoms with Gasteiger partial charge in [-0.2, -0.15) is 5.01 Å². The minimum atomic E-state index is -0.537. The van der Waals surface area contributed by atoms with Crippen LogP contribution in [0.5, 0.6) is 0 Å². The number of benzene rings is 1. The fraction of sp³-hybridized carbons (Fsp3) is 0. The number of rotatable bonds is 3. The lowest BCUT2D eigenvalue weighted by atomic mass is 10.2. The molecule has 3 rings (SSSR count). The molecule has 0 atom stereocenters. The maximum atomic E-state index is 12.4. The van der Waals surface area contributed by atoms with Crippen LogP contribution in [0.25, 0.3) is 6.08 Å². The predicted octanol–water partition coefficient (Wildman–Crippen LogP) is 4.60. The van der Waals surface area contributed by atoms with Gasteiger partial charge in [0, 0.05) is 9.90 Å². The number of hydrazine groups is 1. The summed E-state index contributed by atoms with van der Waals surface area (Å²) in [6.07, 6.45) is 1.74. The molecule has 2 heterocycles. The second-order valence-electron chi connectivity index (χ2n) is 4.60. The number of halogens is 2. The van der Waals surface area contributed by atoms with Crippen molar-refractivity contribution in [2.45, 2.75) is 0 Å². The van der Waals surface area contributed by atoms with Crippen molar-refractivity contribution in [2.24, 2.45) is 0 Å². The van der Waals surface area contributed by atoms with Crippen LogP contribution in [0, 0.1) is 0 Å². The van der Waals surface area contributed by atoms with E-state index in [-0.39, 0.29) is 20.8 Å². The number of hydrogen-bond donors (Lipinski definition) is 1. The summed E-state index contributed by atoms with van der Waals surface area (Å²) in [5.41, 5.74) is 2.69. The summed E-state index contributed by atoms with van der Waals surface area (Å²) in [4.78, 5) is 26.1. The summed E-state index contributed by atoms with van der Waals surface area (Å²) < 4.78 is 0.251. The van der Waals surface area contributed by atoms with Gasteiger partial charge in [-0.1, -0.05) is 41.0 Å². The van der Waals surface area contributed by atoms with Crippen molar-refractivity contribution >= 4 is 80.7 Å². The van der Waals surface area contributed by atoms with Gasteiger partial charge in [0.15, 0.2) is 4.32 Å². The van der Waals surface area contributed by atoms with Crippen LogP contribution in [0.4, 0.5) is 0 Å². The van der Waals surface area contributed by atoms with E-state index < -0.39 is 5.91 Å². The first-order chi connectivity index (χ1) is 11.5. The molecule has 0 saturated carbocycles. The molecule has 4 nitrogen and oxygen atoms in total. The molecule has 2 aromatic rings. The summed E-state index contributed by atoms with van der Waals surface area (Å²) in [7, 11) is 0. The zero-order valence-electron chi connectivity index (χ0n) is 11.8. The SMILES string of the molecule is O=C(NN1C(=O)/C(=C\c2cccs2)SC1=S)c1ccc(Cl)cc1Cl. The number of carbonyl (C=O) groups is 2. The van der Waals surface area contributed by atoms with Gasteiger partial charge in [-0.3, -0.25) is 15.0 Å². The van der Waals surface area contributed by atoms with Gasteiger partial charge in [-0.15, -0.1) is 11.3 Å². The molecule has 1 aliphatic heterocycles. The zero-order valence-corrected chi connectivity index (χ0v) is 15.7. The Balaban J connectivity index is 1.79. The quantitative estimate of drug-likeness (QED) is 0.588. The van der Waals surface area contributed by atoms with Gasteiger partial charge >= 0.3 is 0 Å². The van der Waals surface area contributed by atoms with Crippen molar-refractivity contribution in [3.05, 3.63) is 61.1 Å². The molecule has 0 aliphatic carbocycles. The van der Waals surface area contributed by atoms with E-state index in [2.05, 4.69) is 5.43 Å². The number of thiocarbonyl (C=S) groups is 1. The maximum absolute atomic E-state index is 12.4. The summed E-state index contributed by atoms with van der Waals surface area (Å²) in [5.74, 6) is -0.915. The van der Waals surface area contributed by atoms with E-state index in [0.717, 1.165) is 21.6 Å². The largest absolute Gasteiger partial charge is 0.285 e. The third kappa shape index (κ3) is 3.65. The second kappa shape index (κ2) is 7.25. The van der Waals surface area contributed by atoms with E-state index >= 15 is 0 Å². The molecule has 1 N–H and O–H groups in total. The molecule has 1 aromatic heterocycles. The summed E-state index contributed by atoms with van der Waals surface area (Å²) in [6, 6.07) is 8.27. The molecule has 0 spiro atoms. The van der Waals surface area contributed by atoms with E-state index in [0.29, 0.717) is 9.93 Å². The van der Waals surface area contributed by atoms with Crippen molar-refractivity contribution in [1.29, 1.82) is 0 Å². The minimum Gasteiger partial charge on any atom is -0.267 e. The lowest BCUT2D eigenvalue weighted by Gasteiger charge is -2.16. The fourth-order valence-electron chi connectivity index (χ4n) is 1.90. The van der Waals surface area contributed by atoms with Crippen LogP contribution < -0.4 is 5.43 Å². The van der Waals surface area contributed by atoms with Gasteiger partial charge in [0.2, 0.25) is 0 Å². The third-order valence-electron chi connectivity index (χ3n) is 3.00. The van der Waals surface area contributed by atoms with E-state index in [1.807, 2.05) is 17.5 Å². The minimum absolute atomic E-state index is 0.194. The standard InChI is InChI=1S/C15H8Cl2N2O2S3/c16-8-3-4-10(11(17)6-8)13(20)18-19-14(21)12(24-15(19)22)7-9-2-1-5-23-9/h1-7H,(H,18,20)/b12-7+. The van der Waals surface area contributed by atoms with E-state index in [9.17, 15) is 9.59 Å². The zero-order chi connectivity index (χ0) is 17.3. The highest BCUT2D eigenvalue weighted by atomic mass is 35.5. The van der Waals surface area contributed by atoms with Crippen molar-refractivity contribution in [2.75, 3.05) is 0 Å². The van der Waals surface area contributed by atoms with Crippen molar-refractivity contribution in [3.63, 3.8) is 0 Å². The molecule has 1 saturated heterocycles. The molecular formula is C15H8Cl2N2O2S3. The lowest BCUT2D eigenvalue weighted by molar-refractivity contribution is -0.123. The van der Waals surface area contributed by atoms with Crippen LogP contribution in [0.1, 0.15) is 15.2 Å². The molecule has 0 unspecified atom stereocenters. The molecule has 0 bridgehead atoms. The van der Waals surface area contributed by atoms with Gasteiger partial charge in [0.1, 0.15) is 0 Å². The van der Waals surface area contributed by atoms with Gasteiger partial charge in [-0.25, -0.2) is 0 Å². The molecule has 2 amide bonds. The molecule has 1 fully saturated rings. The average molecular weight is 415 g/mol. The van der Waals surface area contributed by atoms with Crippen LogP contribution in [0.15, 0.2) is 40.6 Å². The van der Waals surface area contributed by atoms with Gasteiger partial charge in [0.25, 0.3) is 11.8 Å². The van der Waals surface area contributed by atoms with Crippen LogP contribution in [-0.4, -0.2) is 21.1 Å². The van der Waals surface area contributed by atoms with Gasteiger partial charge < -0.3 is 0 Å². The summed E-state index contributed by atoms with van der Waals surface area (Å²) in [6.45, 7) is 0. The van der Waals surface area contributed by atoms with Crippen LogP contribution in [-0.2, 0) is 4.79 Å². The van der Waals surface area contributed by atoms with E-state index in [1.165, 1.54) is 23.5 Å². The Morgan fingerprint density at radius 3 is 2.75 bits per heavy atom. The van der Waals surface area contributed by atoms with E-state index in [1.54, 1.807) is 12.1 Å². The molecule has 1 aliphatic rings. The fourth-order valence-corrected chi connectivity index (χ4v) is 4.30. The average Bonchev–Trinajstić information content (AvgIpc) is 3.11. The second-order valence-corrected chi connectivity index (χ2v) is 8.10. The maximum Gasteiger partial charge on any atom is 0.285 e. The van der Waals surface area contributed by atoms with Crippen LogP contribution in [0.2, 0.25) is 10.0 Å². The smallest absolute Gasteiger partial charge is 0.267 e. The molecule has 24 heavy (non-hydrogen) atoms. The summed E-state index contributed by atoms with van der Waals surface area (Å²) >= 11 is 19.6. The Morgan fingerprint density at radius 1 is 1.29 bits per heavy atom.